The van der Waals surface area contributed by atoms with Crippen molar-refractivity contribution in [3.05, 3.63) is 40.9 Å². The molecular formula is C15H17ClN2O3. The van der Waals surface area contributed by atoms with Gasteiger partial charge in [-0.3, -0.25) is 9.69 Å². The van der Waals surface area contributed by atoms with Crippen LogP contribution < -0.4 is 4.90 Å². The molecule has 0 aliphatic carbocycles. The molecule has 0 radical (unpaired) electrons. The highest BCUT2D eigenvalue weighted by molar-refractivity contribution is 6.30. The maximum absolute atomic E-state index is 12.6. The van der Waals surface area contributed by atoms with Crippen molar-refractivity contribution >= 4 is 29.3 Å². The molecule has 0 unspecified atom stereocenters. The van der Waals surface area contributed by atoms with Gasteiger partial charge in [-0.15, -0.1) is 0 Å². The van der Waals surface area contributed by atoms with Crippen LogP contribution in [0, 0.1) is 0 Å². The largest absolute Gasteiger partial charge is 0.480 e. The van der Waals surface area contributed by atoms with Crippen molar-refractivity contribution in [2.45, 2.75) is 13.3 Å². The van der Waals surface area contributed by atoms with Crippen LogP contribution in [-0.4, -0.2) is 41.6 Å². The number of hydrogen-bond donors (Lipinski definition) is 1. The Balaban J connectivity index is 2.25. The first-order chi connectivity index (χ1) is 9.97. The summed E-state index contributed by atoms with van der Waals surface area (Å²) in [5.41, 5.74) is 1.60. The molecule has 0 atom stereocenters. The number of aliphatic carboxylic acids is 1. The fraction of sp³-hybridized carbons (Fsp3) is 0.333. The van der Waals surface area contributed by atoms with Crippen LogP contribution in [-0.2, 0) is 4.79 Å². The number of anilines is 1. The van der Waals surface area contributed by atoms with Gasteiger partial charge in [-0.05, 0) is 31.5 Å². The third-order valence-corrected chi connectivity index (χ3v) is 3.48. The number of halogens is 1. The van der Waals surface area contributed by atoms with Crippen molar-refractivity contribution in [1.82, 2.24) is 4.90 Å². The molecule has 0 saturated carbocycles. The van der Waals surface area contributed by atoms with Crippen LogP contribution in [0.2, 0.25) is 5.02 Å². The minimum Gasteiger partial charge on any atom is -0.480 e. The van der Waals surface area contributed by atoms with Gasteiger partial charge in [0.05, 0.1) is 0 Å². The van der Waals surface area contributed by atoms with Gasteiger partial charge >= 0.3 is 12.0 Å². The van der Waals surface area contributed by atoms with E-state index in [2.05, 4.69) is 6.08 Å². The summed E-state index contributed by atoms with van der Waals surface area (Å²) in [6, 6.07) is 6.34. The molecule has 1 heterocycles. The molecule has 2 rings (SSSR count). The molecule has 0 aromatic heterocycles. The Labute approximate surface area is 128 Å². The summed E-state index contributed by atoms with van der Waals surface area (Å²) in [5, 5.41) is 9.52. The number of benzene rings is 1. The van der Waals surface area contributed by atoms with Gasteiger partial charge in [-0.2, -0.15) is 0 Å². The molecule has 1 aliphatic rings. The lowest BCUT2D eigenvalue weighted by molar-refractivity contribution is -0.135. The fourth-order valence-electron chi connectivity index (χ4n) is 2.29. The maximum Gasteiger partial charge on any atom is 0.325 e. The average molecular weight is 309 g/mol. The summed E-state index contributed by atoms with van der Waals surface area (Å²) >= 11 is 5.93. The zero-order chi connectivity index (χ0) is 15.4. The minimum absolute atomic E-state index is 0.313. The number of carboxylic acids is 1. The Bertz CT molecular complexity index is 586. The molecule has 1 aromatic rings. The Morgan fingerprint density at radius 3 is 2.81 bits per heavy atom. The Morgan fingerprint density at radius 2 is 2.19 bits per heavy atom. The highest BCUT2D eigenvalue weighted by atomic mass is 35.5. The van der Waals surface area contributed by atoms with Crippen molar-refractivity contribution < 1.29 is 14.7 Å². The second-order valence-electron chi connectivity index (χ2n) is 5.00. The third-order valence-electron chi connectivity index (χ3n) is 3.25. The number of urea groups is 1. The van der Waals surface area contributed by atoms with Gasteiger partial charge < -0.3 is 10.0 Å². The minimum atomic E-state index is -1.06. The standard InChI is InChI=1S/C15H17ClN2O3/c1-11-4-3-7-17(9-11)15(21)18(10-14(19)20)13-6-2-5-12(16)8-13/h2,4-6,8H,3,7,9-10H2,1H3,(H,19,20). The van der Waals surface area contributed by atoms with Gasteiger partial charge in [0.2, 0.25) is 0 Å². The summed E-state index contributed by atoms with van der Waals surface area (Å²) in [4.78, 5) is 26.6. The number of carbonyl (C=O) groups excluding carboxylic acids is 1. The van der Waals surface area contributed by atoms with E-state index in [1.807, 2.05) is 6.92 Å². The molecule has 0 spiro atoms. The van der Waals surface area contributed by atoms with E-state index in [0.717, 1.165) is 12.0 Å². The summed E-state index contributed by atoms with van der Waals surface area (Å²) < 4.78 is 0. The molecule has 1 aliphatic heterocycles. The molecule has 0 bridgehead atoms. The zero-order valence-electron chi connectivity index (χ0n) is 11.8. The second kappa shape index (κ2) is 6.63. The number of hydrogen-bond acceptors (Lipinski definition) is 2. The van der Waals surface area contributed by atoms with Crippen LogP contribution in [0.4, 0.5) is 10.5 Å². The lowest BCUT2D eigenvalue weighted by Gasteiger charge is -2.32. The first-order valence-electron chi connectivity index (χ1n) is 6.67. The van der Waals surface area contributed by atoms with E-state index in [-0.39, 0.29) is 6.03 Å². The SMILES string of the molecule is CC1=CCCN(C(=O)N(CC(=O)O)c2cccc(Cl)c2)C1. The molecule has 21 heavy (non-hydrogen) atoms. The number of amides is 2. The smallest absolute Gasteiger partial charge is 0.325 e. The molecule has 0 fully saturated rings. The number of rotatable bonds is 3. The number of carboxylic acid groups (broad SMARTS) is 1. The van der Waals surface area contributed by atoms with Gasteiger partial charge in [0.15, 0.2) is 0 Å². The van der Waals surface area contributed by atoms with Crippen LogP contribution >= 0.6 is 11.6 Å². The van der Waals surface area contributed by atoms with E-state index in [1.165, 1.54) is 4.90 Å². The predicted octanol–water partition coefficient (Wildman–Crippen LogP) is 3.00. The van der Waals surface area contributed by atoms with Gasteiger partial charge in [-0.1, -0.05) is 29.3 Å². The second-order valence-corrected chi connectivity index (χ2v) is 5.44. The van der Waals surface area contributed by atoms with Crippen LogP contribution in [0.3, 0.4) is 0 Å². The third kappa shape index (κ3) is 3.98. The predicted molar refractivity (Wildman–Crippen MR) is 81.8 cm³/mol. The molecule has 6 heteroatoms. The van der Waals surface area contributed by atoms with Crippen LogP contribution in [0.5, 0.6) is 0 Å². The molecule has 2 amide bonds. The fourth-order valence-corrected chi connectivity index (χ4v) is 2.48. The lowest BCUT2D eigenvalue weighted by Crippen LogP contribution is -2.47. The summed E-state index contributed by atoms with van der Waals surface area (Å²) in [7, 11) is 0. The highest BCUT2D eigenvalue weighted by Crippen LogP contribution is 2.22. The number of carbonyl (C=O) groups is 2. The van der Waals surface area contributed by atoms with Gasteiger partial charge in [0.25, 0.3) is 0 Å². The Kier molecular flexibility index (Phi) is 4.85. The van der Waals surface area contributed by atoms with Gasteiger partial charge in [0.1, 0.15) is 6.54 Å². The van der Waals surface area contributed by atoms with E-state index in [9.17, 15) is 9.59 Å². The summed E-state index contributed by atoms with van der Waals surface area (Å²) in [6.45, 7) is 2.68. The molecule has 112 valence electrons. The number of nitrogens with zero attached hydrogens (tertiary/aromatic N) is 2. The topological polar surface area (TPSA) is 60.9 Å². The Hall–Kier alpha value is -2.01. The van der Waals surface area contributed by atoms with E-state index >= 15 is 0 Å². The van der Waals surface area contributed by atoms with Crippen LogP contribution in [0.1, 0.15) is 13.3 Å². The quantitative estimate of drug-likeness (QED) is 0.873. The monoisotopic (exact) mass is 308 g/mol. The lowest BCUT2D eigenvalue weighted by atomic mass is 10.1. The van der Waals surface area contributed by atoms with Crippen molar-refractivity contribution in [2.75, 3.05) is 24.5 Å². The van der Waals surface area contributed by atoms with E-state index in [4.69, 9.17) is 16.7 Å². The molecular weight excluding hydrogens is 292 g/mol. The first kappa shape index (κ1) is 15.4. The average Bonchev–Trinajstić information content (AvgIpc) is 2.44. The van der Waals surface area contributed by atoms with Crippen molar-refractivity contribution in [2.24, 2.45) is 0 Å². The molecule has 5 nitrogen and oxygen atoms in total. The highest BCUT2D eigenvalue weighted by Gasteiger charge is 2.25. The van der Waals surface area contributed by atoms with Crippen molar-refractivity contribution in [3.63, 3.8) is 0 Å². The molecule has 0 saturated heterocycles. The molecule has 1 N–H and O–H groups in total. The van der Waals surface area contributed by atoms with Crippen molar-refractivity contribution in [3.8, 4) is 0 Å². The normalized spacial score (nSPS) is 14.6. The summed E-state index contributed by atoms with van der Waals surface area (Å²) in [6.07, 6.45) is 2.87. The molecule has 1 aromatic carbocycles. The van der Waals surface area contributed by atoms with Crippen molar-refractivity contribution in [1.29, 1.82) is 0 Å². The Morgan fingerprint density at radius 1 is 1.43 bits per heavy atom. The zero-order valence-corrected chi connectivity index (χ0v) is 12.5. The first-order valence-corrected chi connectivity index (χ1v) is 7.04. The van der Waals surface area contributed by atoms with E-state index in [1.54, 1.807) is 29.2 Å². The maximum atomic E-state index is 12.6. The van der Waals surface area contributed by atoms with E-state index < -0.39 is 12.5 Å². The van der Waals surface area contributed by atoms with Crippen LogP contribution in [0.25, 0.3) is 0 Å². The van der Waals surface area contributed by atoms with Gasteiger partial charge in [-0.25, -0.2) is 4.79 Å². The summed E-state index contributed by atoms with van der Waals surface area (Å²) in [5.74, 6) is -1.06. The van der Waals surface area contributed by atoms with E-state index in [0.29, 0.717) is 23.8 Å². The van der Waals surface area contributed by atoms with Gasteiger partial charge in [0, 0.05) is 23.8 Å². The van der Waals surface area contributed by atoms with Crippen LogP contribution in [0.15, 0.2) is 35.9 Å².